The molecule has 3 nitrogen and oxygen atoms in total. The monoisotopic (exact) mass is 313 g/mol. The van der Waals surface area contributed by atoms with E-state index in [-0.39, 0.29) is 6.61 Å². The molecule has 0 saturated carbocycles. The van der Waals surface area contributed by atoms with Crippen molar-refractivity contribution in [1.82, 2.24) is 4.98 Å². The topological polar surface area (TPSA) is 31.4 Å². The molecule has 0 spiro atoms. The highest BCUT2D eigenvalue weighted by Crippen LogP contribution is 2.15. The van der Waals surface area contributed by atoms with Gasteiger partial charge < -0.3 is 9.47 Å². The first kappa shape index (κ1) is 14.2. The molecule has 0 aliphatic rings. The minimum Gasteiger partial charge on any atom is -0.492 e. The van der Waals surface area contributed by atoms with Gasteiger partial charge in [-0.15, -0.1) is 0 Å². The Hall–Kier alpha value is -0.820. The summed E-state index contributed by atoms with van der Waals surface area (Å²) < 4.78 is 45.5. The first-order valence-corrected chi connectivity index (χ1v) is 5.65. The standard InChI is InChI=1S/C10H11BrF3NO2/c11-9-3-2-8(6-15-9)17-5-1-4-16-7-10(12,13)14/h2-3,6H,1,4-5,7H2. The number of aromatic nitrogens is 1. The molecular weight excluding hydrogens is 303 g/mol. The molecule has 0 aromatic carbocycles. The summed E-state index contributed by atoms with van der Waals surface area (Å²) in [5.41, 5.74) is 0. The van der Waals surface area contributed by atoms with E-state index in [0.29, 0.717) is 23.4 Å². The number of alkyl halides is 3. The molecule has 1 heterocycles. The van der Waals surface area contributed by atoms with Crippen LogP contribution in [0.15, 0.2) is 22.9 Å². The second-order valence-electron chi connectivity index (χ2n) is 3.19. The third-order valence-electron chi connectivity index (χ3n) is 1.67. The Kier molecular flexibility index (Phi) is 5.70. The number of rotatable bonds is 6. The van der Waals surface area contributed by atoms with E-state index in [0.717, 1.165) is 0 Å². The second-order valence-corrected chi connectivity index (χ2v) is 4.00. The molecule has 0 bridgehead atoms. The lowest BCUT2D eigenvalue weighted by molar-refractivity contribution is -0.174. The molecule has 0 N–H and O–H groups in total. The fraction of sp³-hybridized carbons (Fsp3) is 0.500. The van der Waals surface area contributed by atoms with E-state index in [1.807, 2.05) is 0 Å². The average molecular weight is 314 g/mol. The zero-order valence-corrected chi connectivity index (χ0v) is 10.4. The SMILES string of the molecule is FC(F)(F)COCCCOc1ccc(Br)nc1. The van der Waals surface area contributed by atoms with Crippen LogP contribution in [0.25, 0.3) is 0 Å². The van der Waals surface area contributed by atoms with Gasteiger partial charge in [-0.1, -0.05) is 0 Å². The summed E-state index contributed by atoms with van der Waals surface area (Å²) in [6.45, 7) is -0.905. The van der Waals surface area contributed by atoms with Crippen LogP contribution in [0.2, 0.25) is 0 Å². The second kappa shape index (κ2) is 6.80. The molecular formula is C10H11BrF3NO2. The van der Waals surface area contributed by atoms with Crippen molar-refractivity contribution in [3.05, 3.63) is 22.9 Å². The highest BCUT2D eigenvalue weighted by atomic mass is 79.9. The van der Waals surface area contributed by atoms with Gasteiger partial charge in [-0.05, 0) is 28.1 Å². The molecule has 0 saturated heterocycles. The minimum atomic E-state index is -4.27. The fourth-order valence-electron chi connectivity index (χ4n) is 0.987. The highest BCUT2D eigenvalue weighted by molar-refractivity contribution is 9.10. The Morgan fingerprint density at radius 2 is 2.00 bits per heavy atom. The predicted molar refractivity (Wildman–Crippen MR) is 58.9 cm³/mol. The number of ether oxygens (including phenoxy) is 2. The maximum atomic E-state index is 11.7. The van der Waals surface area contributed by atoms with Gasteiger partial charge in [0, 0.05) is 6.42 Å². The van der Waals surface area contributed by atoms with Gasteiger partial charge in [0.1, 0.15) is 17.0 Å². The van der Waals surface area contributed by atoms with Crippen LogP contribution in [-0.2, 0) is 4.74 Å². The first-order valence-electron chi connectivity index (χ1n) is 4.86. The van der Waals surface area contributed by atoms with Crippen LogP contribution in [0.5, 0.6) is 5.75 Å². The van der Waals surface area contributed by atoms with Crippen LogP contribution in [0.3, 0.4) is 0 Å². The molecule has 1 rings (SSSR count). The summed E-state index contributed by atoms with van der Waals surface area (Å²) in [4.78, 5) is 3.94. The van der Waals surface area contributed by atoms with Crippen molar-refractivity contribution in [3.8, 4) is 5.75 Å². The molecule has 0 unspecified atom stereocenters. The number of pyridine rings is 1. The van der Waals surface area contributed by atoms with E-state index in [1.165, 1.54) is 6.20 Å². The first-order chi connectivity index (χ1) is 7.97. The summed E-state index contributed by atoms with van der Waals surface area (Å²) in [5.74, 6) is 0.573. The number of halogens is 4. The molecule has 0 aliphatic heterocycles. The van der Waals surface area contributed by atoms with Crippen LogP contribution in [-0.4, -0.2) is 31.0 Å². The molecule has 0 radical (unpaired) electrons. The molecule has 0 aliphatic carbocycles. The normalized spacial score (nSPS) is 11.5. The Balaban J connectivity index is 2.07. The summed E-state index contributed by atoms with van der Waals surface area (Å²) >= 11 is 3.17. The van der Waals surface area contributed by atoms with Gasteiger partial charge >= 0.3 is 6.18 Å². The molecule has 1 aromatic rings. The molecule has 7 heteroatoms. The van der Waals surface area contributed by atoms with E-state index < -0.39 is 12.8 Å². The van der Waals surface area contributed by atoms with Crippen LogP contribution >= 0.6 is 15.9 Å². The molecule has 17 heavy (non-hydrogen) atoms. The van der Waals surface area contributed by atoms with E-state index in [9.17, 15) is 13.2 Å². The van der Waals surface area contributed by atoms with Gasteiger partial charge in [0.15, 0.2) is 0 Å². The van der Waals surface area contributed by atoms with Gasteiger partial charge in [0.2, 0.25) is 0 Å². The zero-order valence-electron chi connectivity index (χ0n) is 8.84. The zero-order chi connectivity index (χ0) is 12.7. The van der Waals surface area contributed by atoms with Crippen molar-refractivity contribution < 1.29 is 22.6 Å². The molecule has 1 aromatic heterocycles. The highest BCUT2D eigenvalue weighted by Gasteiger charge is 2.27. The van der Waals surface area contributed by atoms with E-state index >= 15 is 0 Å². The van der Waals surface area contributed by atoms with Crippen molar-refractivity contribution in [2.75, 3.05) is 19.8 Å². The van der Waals surface area contributed by atoms with Crippen molar-refractivity contribution in [3.63, 3.8) is 0 Å². The summed E-state index contributed by atoms with van der Waals surface area (Å²) in [6, 6.07) is 3.43. The molecule has 0 fully saturated rings. The van der Waals surface area contributed by atoms with Gasteiger partial charge in [-0.25, -0.2) is 4.98 Å². The lowest BCUT2D eigenvalue weighted by atomic mass is 10.4. The molecule has 96 valence electrons. The maximum absolute atomic E-state index is 11.7. The Labute approximate surface area is 105 Å². The predicted octanol–water partition coefficient (Wildman–Crippen LogP) is 3.19. The van der Waals surface area contributed by atoms with Gasteiger partial charge in [-0.3, -0.25) is 0 Å². The average Bonchev–Trinajstić information content (AvgIpc) is 2.24. The summed E-state index contributed by atoms with van der Waals surface area (Å²) in [7, 11) is 0. The minimum absolute atomic E-state index is 0.0173. The van der Waals surface area contributed by atoms with E-state index in [2.05, 4.69) is 25.7 Å². The quantitative estimate of drug-likeness (QED) is 0.597. The fourth-order valence-corrected chi connectivity index (χ4v) is 1.22. The third kappa shape index (κ3) is 7.17. The van der Waals surface area contributed by atoms with Crippen molar-refractivity contribution in [2.24, 2.45) is 0 Å². The maximum Gasteiger partial charge on any atom is 0.411 e. The van der Waals surface area contributed by atoms with Crippen LogP contribution in [0.1, 0.15) is 6.42 Å². The van der Waals surface area contributed by atoms with Crippen molar-refractivity contribution in [2.45, 2.75) is 12.6 Å². The summed E-state index contributed by atoms with van der Waals surface area (Å²) in [6.07, 6.45) is -2.34. The smallest absolute Gasteiger partial charge is 0.411 e. The Morgan fingerprint density at radius 3 is 2.59 bits per heavy atom. The number of hydrogen-bond acceptors (Lipinski definition) is 3. The number of hydrogen-bond donors (Lipinski definition) is 0. The lowest BCUT2D eigenvalue weighted by Gasteiger charge is -2.08. The van der Waals surface area contributed by atoms with Gasteiger partial charge in [-0.2, -0.15) is 13.2 Å². The largest absolute Gasteiger partial charge is 0.492 e. The Bertz CT molecular complexity index is 329. The van der Waals surface area contributed by atoms with Crippen molar-refractivity contribution >= 4 is 15.9 Å². The van der Waals surface area contributed by atoms with E-state index in [4.69, 9.17) is 4.74 Å². The van der Waals surface area contributed by atoms with Crippen molar-refractivity contribution in [1.29, 1.82) is 0 Å². The summed E-state index contributed by atoms with van der Waals surface area (Å²) in [5, 5.41) is 0. The number of nitrogens with zero attached hydrogens (tertiary/aromatic N) is 1. The Morgan fingerprint density at radius 1 is 1.24 bits per heavy atom. The third-order valence-corrected chi connectivity index (χ3v) is 2.14. The van der Waals surface area contributed by atoms with Gasteiger partial charge in [0.25, 0.3) is 0 Å². The van der Waals surface area contributed by atoms with E-state index in [1.54, 1.807) is 12.1 Å². The molecule has 0 amide bonds. The van der Waals surface area contributed by atoms with Gasteiger partial charge in [0.05, 0.1) is 19.4 Å². The lowest BCUT2D eigenvalue weighted by Crippen LogP contribution is -2.18. The van der Waals surface area contributed by atoms with Crippen LogP contribution in [0.4, 0.5) is 13.2 Å². The van der Waals surface area contributed by atoms with Crippen LogP contribution < -0.4 is 4.74 Å². The molecule has 0 atom stereocenters. The van der Waals surface area contributed by atoms with Crippen LogP contribution in [0, 0.1) is 0 Å².